The first-order chi connectivity index (χ1) is 14.1. The Kier molecular flexibility index (Phi) is 4.26. The van der Waals surface area contributed by atoms with E-state index in [-0.39, 0.29) is 12.4 Å². The number of aliphatic imine (C=N–C) groups is 1. The van der Waals surface area contributed by atoms with Gasteiger partial charge in [-0.05, 0) is 43.2 Å². The fraction of sp³-hybridized carbons (Fsp3) is 0.120. The van der Waals surface area contributed by atoms with Gasteiger partial charge < -0.3 is 5.11 Å². The normalized spacial score (nSPS) is 12.6. The lowest BCUT2D eigenvalue weighted by atomic mass is 9.98. The van der Waals surface area contributed by atoms with Crippen LogP contribution in [0.5, 0.6) is 0 Å². The van der Waals surface area contributed by atoms with Crippen molar-refractivity contribution in [2.75, 3.05) is 6.54 Å². The molecule has 3 nitrogen and oxygen atoms in total. The minimum atomic E-state index is -0.192. The Morgan fingerprint density at radius 2 is 1.86 bits per heavy atom. The van der Waals surface area contributed by atoms with Crippen LogP contribution in [0.2, 0.25) is 0 Å². The third kappa shape index (κ3) is 2.95. The van der Waals surface area contributed by atoms with E-state index < -0.39 is 0 Å². The van der Waals surface area contributed by atoms with Gasteiger partial charge in [-0.3, -0.25) is 4.99 Å². The lowest BCUT2D eigenvalue weighted by molar-refractivity contribution is -0.632. The van der Waals surface area contributed by atoms with E-state index >= 15 is 0 Å². The van der Waals surface area contributed by atoms with Crippen molar-refractivity contribution in [1.82, 2.24) is 0 Å². The minimum Gasteiger partial charge on any atom is -0.862 e. The summed E-state index contributed by atoms with van der Waals surface area (Å²) in [6, 6.07) is 21.5. The largest absolute Gasteiger partial charge is 0.862 e. The molecule has 1 aromatic heterocycles. The quantitative estimate of drug-likeness (QED) is 0.141. The zero-order chi connectivity index (χ0) is 20.0. The monoisotopic (exact) mass is 394 g/mol. The van der Waals surface area contributed by atoms with Crippen molar-refractivity contribution in [2.45, 2.75) is 16.7 Å². The van der Waals surface area contributed by atoms with E-state index in [0.29, 0.717) is 0 Å². The maximum atomic E-state index is 11.0. The van der Waals surface area contributed by atoms with E-state index in [9.17, 15) is 5.11 Å². The van der Waals surface area contributed by atoms with Crippen molar-refractivity contribution in [3.63, 3.8) is 0 Å². The van der Waals surface area contributed by atoms with Crippen molar-refractivity contribution < 1.29 is 9.67 Å². The van der Waals surface area contributed by atoms with E-state index in [0.717, 1.165) is 11.1 Å². The molecule has 1 aliphatic rings. The van der Waals surface area contributed by atoms with E-state index in [1.807, 2.05) is 17.8 Å². The van der Waals surface area contributed by atoms with Crippen LogP contribution < -0.4 is 9.67 Å². The van der Waals surface area contributed by atoms with E-state index in [4.69, 9.17) is 0 Å². The summed E-state index contributed by atoms with van der Waals surface area (Å²) in [6.07, 6.45) is 0. The van der Waals surface area contributed by atoms with Crippen LogP contribution in [0.3, 0.4) is 0 Å². The number of hydrogen-bond acceptors (Lipinski definition) is 3. The number of pyridine rings is 1. The zero-order valence-corrected chi connectivity index (χ0v) is 17.0. The summed E-state index contributed by atoms with van der Waals surface area (Å²) >= 11 is 1.84. The highest BCUT2D eigenvalue weighted by Crippen LogP contribution is 2.47. The van der Waals surface area contributed by atoms with E-state index in [1.54, 1.807) is 0 Å². The van der Waals surface area contributed by atoms with Crippen LogP contribution >= 0.6 is 11.8 Å². The molecule has 5 rings (SSSR count). The van der Waals surface area contributed by atoms with Crippen molar-refractivity contribution >= 4 is 39.3 Å². The Balaban J connectivity index is 1.78. The standard InChI is InChI=1S/C25H18N2OS/c1-16(28)26-14-6-7-17-12-13-18-19-9-5-11-23-24(19)25(27(2)21(18)15-17)20-8-3-4-10-22(20)29-23/h3-5,8-13,15H,14H2,1-2H3. The summed E-state index contributed by atoms with van der Waals surface area (Å²) in [6.45, 7) is 1.68. The van der Waals surface area contributed by atoms with Gasteiger partial charge in [0, 0.05) is 26.8 Å². The van der Waals surface area contributed by atoms with Gasteiger partial charge in [0.05, 0.1) is 22.9 Å². The van der Waals surface area contributed by atoms with Crippen LogP contribution in [-0.2, 0) is 7.05 Å². The van der Waals surface area contributed by atoms with Gasteiger partial charge in [-0.25, -0.2) is 0 Å². The fourth-order valence-corrected chi connectivity index (χ4v) is 5.08. The van der Waals surface area contributed by atoms with Crippen LogP contribution in [0.25, 0.3) is 32.9 Å². The zero-order valence-electron chi connectivity index (χ0n) is 16.2. The van der Waals surface area contributed by atoms with Gasteiger partial charge in [0.2, 0.25) is 11.2 Å². The molecule has 0 spiro atoms. The van der Waals surface area contributed by atoms with Gasteiger partial charge >= 0.3 is 0 Å². The molecule has 29 heavy (non-hydrogen) atoms. The molecule has 1 aliphatic heterocycles. The maximum absolute atomic E-state index is 11.0. The average molecular weight is 394 g/mol. The van der Waals surface area contributed by atoms with Crippen LogP contribution in [0, 0.1) is 11.8 Å². The molecule has 0 bridgehead atoms. The number of aryl methyl sites for hydroxylation is 1. The summed E-state index contributed by atoms with van der Waals surface area (Å²) in [5, 5.41) is 14.8. The highest BCUT2D eigenvalue weighted by molar-refractivity contribution is 7.99. The molecule has 140 valence electrons. The fourth-order valence-electron chi connectivity index (χ4n) is 3.97. The molecule has 4 aromatic rings. The van der Waals surface area contributed by atoms with Crippen LogP contribution in [0.1, 0.15) is 12.5 Å². The number of rotatable bonds is 1. The first-order valence-corrected chi connectivity index (χ1v) is 10.3. The van der Waals surface area contributed by atoms with Gasteiger partial charge in [0.15, 0.2) is 0 Å². The van der Waals surface area contributed by atoms with Gasteiger partial charge in [-0.2, -0.15) is 4.57 Å². The predicted octanol–water partition coefficient (Wildman–Crippen LogP) is 4.08. The molecule has 3 aromatic carbocycles. The van der Waals surface area contributed by atoms with Crippen LogP contribution in [0.15, 0.2) is 75.4 Å². The molecule has 0 saturated heterocycles. The highest BCUT2D eigenvalue weighted by Gasteiger charge is 2.28. The first-order valence-electron chi connectivity index (χ1n) is 9.46. The summed E-state index contributed by atoms with van der Waals surface area (Å²) in [5.74, 6) is 5.91. The number of hydrogen-bond donors (Lipinski definition) is 0. The van der Waals surface area contributed by atoms with Gasteiger partial charge in [-0.15, -0.1) is 0 Å². The van der Waals surface area contributed by atoms with E-state index in [2.05, 4.69) is 83.0 Å². The molecule has 0 amide bonds. The summed E-state index contributed by atoms with van der Waals surface area (Å²) in [5.41, 5.74) is 4.58. The second-order valence-electron chi connectivity index (χ2n) is 7.05. The third-order valence-electron chi connectivity index (χ3n) is 5.22. The summed E-state index contributed by atoms with van der Waals surface area (Å²) in [4.78, 5) is 6.39. The molecule has 0 aliphatic carbocycles. The second-order valence-corrected chi connectivity index (χ2v) is 8.14. The lowest BCUT2D eigenvalue weighted by Crippen LogP contribution is -2.33. The molecule has 0 N–H and O–H groups in total. The van der Waals surface area contributed by atoms with Crippen molar-refractivity contribution in [2.24, 2.45) is 12.0 Å². The molecule has 0 saturated carbocycles. The first kappa shape index (κ1) is 17.8. The van der Waals surface area contributed by atoms with Gasteiger partial charge in [0.25, 0.3) is 0 Å². The average Bonchev–Trinajstić information content (AvgIpc) is 2.73. The second kappa shape index (κ2) is 6.95. The number of fused-ring (bicyclic) bond motifs is 4. The minimum absolute atomic E-state index is 0.192. The Bertz CT molecular complexity index is 1390. The van der Waals surface area contributed by atoms with E-state index in [1.165, 1.54) is 44.1 Å². The van der Waals surface area contributed by atoms with Gasteiger partial charge in [-0.1, -0.05) is 47.9 Å². The smallest absolute Gasteiger partial charge is 0.222 e. The molecular weight excluding hydrogens is 376 g/mol. The molecule has 2 heterocycles. The van der Waals surface area contributed by atoms with Crippen molar-refractivity contribution in [3.05, 3.63) is 66.2 Å². The maximum Gasteiger partial charge on any atom is 0.222 e. The van der Waals surface area contributed by atoms with Crippen molar-refractivity contribution in [1.29, 1.82) is 0 Å². The van der Waals surface area contributed by atoms with Crippen LogP contribution in [0.4, 0.5) is 0 Å². The van der Waals surface area contributed by atoms with Crippen LogP contribution in [-0.4, -0.2) is 12.4 Å². The highest BCUT2D eigenvalue weighted by atomic mass is 32.2. The third-order valence-corrected chi connectivity index (χ3v) is 6.36. The molecule has 0 unspecified atom stereocenters. The Morgan fingerprint density at radius 3 is 2.72 bits per heavy atom. The Morgan fingerprint density at radius 1 is 1.03 bits per heavy atom. The van der Waals surface area contributed by atoms with Gasteiger partial charge in [0.1, 0.15) is 7.05 Å². The number of nitrogens with zero attached hydrogens (tertiary/aromatic N) is 2. The molecule has 0 radical (unpaired) electrons. The lowest BCUT2D eigenvalue weighted by Gasteiger charge is -2.19. The predicted molar refractivity (Wildman–Crippen MR) is 117 cm³/mol. The Labute approximate surface area is 173 Å². The Hall–Kier alpha value is -3.29. The topological polar surface area (TPSA) is 39.3 Å². The molecule has 0 fully saturated rings. The molecule has 4 heteroatoms. The molecule has 0 atom stereocenters. The number of benzene rings is 3. The molecular formula is C25H18N2OS. The van der Waals surface area contributed by atoms with Crippen molar-refractivity contribution in [3.8, 4) is 23.1 Å². The number of aromatic nitrogens is 1. The SMILES string of the molecule is CC([O-])=NCC#Cc1ccc2c3cccc4c3c([n+](C)c2c1)-c1ccccc1S4. The summed E-state index contributed by atoms with van der Waals surface area (Å²) in [7, 11) is 2.13. The summed E-state index contributed by atoms with van der Waals surface area (Å²) < 4.78 is 2.28.